The largest absolute Gasteiger partial charge is 0.493 e. The van der Waals surface area contributed by atoms with E-state index in [9.17, 15) is 0 Å². The molecule has 2 aliphatic rings. The summed E-state index contributed by atoms with van der Waals surface area (Å²) < 4.78 is 23.1. The molecule has 0 amide bonds. The summed E-state index contributed by atoms with van der Waals surface area (Å²) in [4.78, 5) is 1.50. The second kappa shape index (κ2) is 6.89. The molecule has 2 heterocycles. The smallest absolute Gasteiger partial charge is 0.203 e. The fraction of sp³-hybridized carbons (Fsp3) is 0.500. The number of methoxy groups -OCH3 is 3. The molecule has 0 radical (unpaired) electrons. The van der Waals surface area contributed by atoms with Gasteiger partial charge in [0.2, 0.25) is 5.75 Å². The van der Waals surface area contributed by atoms with Gasteiger partial charge < -0.3 is 18.9 Å². The van der Waals surface area contributed by atoms with Gasteiger partial charge in [-0.25, -0.2) is 0 Å². The van der Waals surface area contributed by atoms with Gasteiger partial charge in [-0.15, -0.1) is 11.3 Å². The van der Waals surface area contributed by atoms with Crippen LogP contribution in [0.1, 0.15) is 53.7 Å². The molecule has 5 heteroatoms. The first-order chi connectivity index (χ1) is 12.3. The molecule has 2 aromatic rings. The Bertz CT molecular complexity index is 729. The lowest BCUT2D eigenvalue weighted by Gasteiger charge is -2.39. The summed E-state index contributed by atoms with van der Waals surface area (Å²) in [7, 11) is 4.92. The average molecular weight is 360 g/mol. The predicted molar refractivity (Wildman–Crippen MR) is 98.3 cm³/mol. The van der Waals surface area contributed by atoms with Crippen LogP contribution in [0, 0.1) is 0 Å². The molecule has 1 aliphatic heterocycles. The lowest BCUT2D eigenvalue weighted by molar-refractivity contribution is -0.0375. The van der Waals surface area contributed by atoms with Crippen molar-refractivity contribution in [2.45, 2.75) is 43.8 Å². The lowest BCUT2D eigenvalue weighted by atomic mass is 9.80. The summed E-state index contributed by atoms with van der Waals surface area (Å²) in [5, 5.41) is 2.19. The summed E-state index contributed by atoms with van der Waals surface area (Å²) in [6.07, 6.45) is 5.17. The topological polar surface area (TPSA) is 36.9 Å². The zero-order valence-corrected chi connectivity index (χ0v) is 15.7. The van der Waals surface area contributed by atoms with Crippen molar-refractivity contribution in [3.05, 3.63) is 39.6 Å². The third-order valence-corrected chi connectivity index (χ3v) is 6.41. The number of hydrogen-bond donors (Lipinski definition) is 0. The summed E-state index contributed by atoms with van der Waals surface area (Å²) in [6, 6.07) is 6.23. The van der Waals surface area contributed by atoms with Crippen molar-refractivity contribution in [3.63, 3.8) is 0 Å². The molecule has 3 unspecified atom stereocenters. The minimum absolute atomic E-state index is 0.0747. The van der Waals surface area contributed by atoms with Gasteiger partial charge in [0.15, 0.2) is 11.5 Å². The lowest BCUT2D eigenvalue weighted by Crippen LogP contribution is -2.32. The molecule has 0 bridgehead atoms. The molecule has 0 N–H and O–H groups in total. The maximum atomic E-state index is 6.59. The SMILES string of the molecule is COc1cc(C2OC3CCCCC3c3sccc32)cc(OC)c1OC. The molecule has 3 atom stereocenters. The third kappa shape index (κ3) is 2.79. The highest BCUT2D eigenvalue weighted by Crippen LogP contribution is 2.50. The van der Waals surface area contributed by atoms with Gasteiger partial charge in [0.05, 0.1) is 27.4 Å². The van der Waals surface area contributed by atoms with Crippen molar-refractivity contribution in [2.24, 2.45) is 0 Å². The Morgan fingerprint density at radius 3 is 2.40 bits per heavy atom. The number of ether oxygens (including phenoxy) is 4. The quantitative estimate of drug-likeness (QED) is 0.775. The van der Waals surface area contributed by atoms with Crippen LogP contribution in [0.25, 0.3) is 0 Å². The second-order valence-electron chi connectivity index (χ2n) is 6.64. The molecule has 1 aromatic heterocycles. The third-order valence-electron chi connectivity index (χ3n) is 5.35. The van der Waals surface area contributed by atoms with Crippen LogP contribution >= 0.6 is 11.3 Å². The van der Waals surface area contributed by atoms with Crippen LogP contribution in [0.4, 0.5) is 0 Å². The van der Waals surface area contributed by atoms with Crippen molar-refractivity contribution in [2.75, 3.05) is 21.3 Å². The van der Waals surface area contributed by atoms with Crippen LogP contribution in [0.5, 0.6) is 17.2 Å². The molecule has 25 heavy (non-hydrogen) atoms. The van der Waals surface area contributed by atoms with E-state index in [1.165, 1.54) is 29.7 Å². The number of rotatable bonds is 4. The zero-order chi connectivity index (χ0) is 17.4. The predicted octanol–water partition coefficient (Wildman–Crippen LogP) is 4.92. The van der Waals surface area contributed by atoms with E-state index in [-0.39, 0.29) is 6.10 Å². The Morgan fingerprint density at radius 1 is 1.00 bits per heavy atom. The van der Waals surface area contributed by atoms with Gasteiger partial charge in [-0.2, -0.15) is 0 Å². The molecule has 1 aromatic carbocycles. The van der Waals surface area contributed by atoms with Crippen LogP contribution < -0.4 is 14.2 Å². The molecule has 4 nitrogen and oxygen atoms in total. The Morgan fingerprint density at radius 2 is 1.72 bits per heavy atom. The van der Waals surface area contributed by atoms with Crippen molar-refractivity contribution in [1.82, 2.24) is 0 Å². The minimum atomic E-state index is -0.0747. The van der Waals surface area contributed by atoms with Gasteiger partial charge in [0, 0.05) is 10.8 Å². The fourth-order valence-corrected chi connectivity index (χ4v) is 5.28. The van der Waals surface area contributed by atoms with Gasteiger partial charge in [-0.05, 0) is 47.5 Å². The Hall–Kier alpha value is -1.72. The van der Waals surface area contributed by atoms with Crippen molar-refractivity contribution in [3.8, 4) is 17.2 Å². The number of hydrogen-bond acceptors (Lipinski definition) is 5. The molecule has 1 saturated carbocycles. The van der Waals surface area contributed by atoms with Crippen LogP contribution in [-0.4, -0.2) is 27.4 Å². The van der Waals surface area contributed by atoms with E-state index >= 15 is 0 Å². The molecule has 0 spiro atoms. The first kappa shape index (κ1) is 16.7. The zero-order valence-electron chi connectivity index (χ0n) is 14.9. The molecule has 134 valence electrons. The first-order valence-corrected chi connectivity index (χ1v) is 9.67. The van der Waals surface area contributed by atoms with Crippen LogP contribution in [0.2, 0.25) is 0 Å². The highest BCUT2D eigenvalue weighted by Gasteiger charge is 2.39. The average Bonchev–Trinajstić information content (AvgIpc) is 3.16. The van der Waals surface area contributed by atoms with Crippen molar-refractivity contribution >= 4 is 11.3 Å². The molecule has 1 aliphatic carbocycles. The number of benzene rings is 1. The maximum Gasteiger partial charge on any atom is 0.203 e. The second-order valence-corrected chi connectivity index (χ2v) is 7.59. The fourth-order valence-electron chi connectivity index (χ4n) is 4.17. The van der Waals surface area contributed by atoms with Crippen LogP contribution in [0.15, 0.2) is 23.6 Å². The van der Waals surface area contributed by atoms with Crippen molar-refractivity contribution in [1.29, 1.82) is 0 Å². The van der Waals surface area contributed by atoms with E-state index in [4.69, 9.17) is 18.9 Å². The van der Waals surface area contributed by atoms with Gasteiger partial charge >= 0.3 is 0 Å². The van der Waals surface area contributed by atoms with E-state index in [2.05, 4.69) is 11.4 Å². The van der Waals surface area contributed by atoms with E-state index in [1.54, 1.807) is 21.3 Å². The van der Waals surface area contributed by atoms with Gasteiger partial charge in [-0.3, -0.25) is 0 Å². The highest BCUT2D eigenvalue weighted by molar-refractivity contribution is 7.10. The molecular formula is C20H24O4S. The van der Waals surface area contributed by atoms with Gasteiger partial charge in [0.25, 0.3) is 0 Å². The van der Waals surface area contributed by atoms with Crippen LogP contribution in [0.3, 0.4) is 0 Å². The molecule has 1 fully saturated rings. The Kier molecular flexibility index (Phi) is 4.61. The summed E-state index contributed by atoms with van der Waals surface area (Å²) in [5.41, 5.74) is 2.35. The van der Waals surface area contributed by atoms with E-state index in [0.29, 0.717) is 29.3 Å². The normalized spacial score (nSPS) is 25.0. The summed E-state index contributed by atoms with van der Waals surface area (Å²) >= 11 is 1.87. The minimum Gasteiger partial charge on any atom is -0.493 e. The van der Waals surface area contributed by atoms with Gasteiger partial charge in [-0.1, -0.05) is 12.8 Å². The Labute approximate surface area is 152 Å². The molecular weight excluding hydrogens is 336 g/mol. The highest BCUT2D eigenvalue weighted by atomic mass is 32.1. The van der Waals surface area contributed by atoms with E-state index in [0.717, 1.165) is 12.0 Å². The van der Waals surface area contributed by atoms with Gasteiger partial charge in [0.1, 0.15) is 6.10 Å². The standard InChI is InChI=1S/C20H24O4S/c1-21-16-10-12(11-17(22-2)19(16)23-3)18-14-8-9-25-20(14)13-6-4-5-7-15(13)24-18/h8-11,13,15,18H,4-7H2,1-3H3. The number of thiophene rings is 1. The van der Waals surface area contributed by atoms with Crippen LogP contribution in [-0.2, 0) is 4.74 Å². The maximum absolute atomic E-state index is 6.59. The van der Waals surface area contributed by atoms with E-state index in [1.807, 2.05) is 23.5 Å². The number of fused-ring (bicyclic) bond motifs is 3. The monoisotopic (exact) mass is 360 g/mol. The molecule has 4 rings (SSSR count). The Balaban J connectivity index is 1.79. The summed E-state index contributed by atoms with van der Waals surface area (Å²) in [6.45, 7) is 0. The van der Waals surface area contributed by atoms with E-state index < -0.39 is 0 Å². The molecule has 0 saturated heterocycles. The van der Waals surface area contributed by atoms with Crippen molar-refractivity contribution < 1.29 is 18.9 Å². The summed E-state index contributed by atoms with van der Waals surface area (Å²) in [5.74, 6) is 2.51. The first-order valence-electron chi connectivity index (χ1n) is 8.79.